The molecular weight excluding hydrogens is 254 g/mol. The lowest BCUT2D eigenvalue weighted by Gasteiger charge is -2.05. The molecule has 5 heteroatoms. The second-order valence-corrected chi connectivity index (χ2v) is 6.63. The average Bonchev–Trinajstić information content (AvgIpc) is 1.98. The SMILES string of the molecule is CCCS(=O)(=O)NCCCC(C)Br. The monoisotopic (exact) mass is 271 g/mol. The van der Waals surface area contributed by atoms with E-state index < -0.39 is 10.0 Å². The maximum Gasteiger partial charge on any atom is 0.211 e. The molecule has 0 aromatic heterocycles. The van der Waals surface area contributed by atoms with Gasteiger partial charge in [0.2, 0.25) is 10.0 Å². The topological polar surface area (TPSA) is 46.2 Å². The second kappa shape index (κ2) is 6.79. The summed E-state index contributed by atoms with van der Waals surface area (Å²) >= 11 is 3.41. The second-order valence-electron chi connectivity index (χ2n) is 3.14. The standard InChI is InChI=1S/C8H18BrNO2S/c1-3-7-13(11,12)10-6-4-5-8(2)9/h8,10H,3-7H2,1-2H3. The van der Waals surface area contributed by atoms with Crippen LogP contribution in [0, 0.1) is 0 Å². The van der Waals surface area contributed by atoms with Crippen LogP contribution in [0.1, 0.15) is 33.1 Å². The minimum absolute atomic E-state index is 0.233. The number of nitrogens with one attached hydrogen (secondary N) is 1. The van der Waals surface area contributed by atoms with Gasteiger partial charge in [0.05, 0.1) is 5.75 Å². The Kier molecular flexibility index (Phi) is 6.99. The minimum atomic E-state index is -2.99. The van der Waals surface area contributed by atoms with Crippen molar-refractivity contribution in [2.24, 2.45) is 0 Å². The van der Waals surface area contributed by atoms with E-state index in [0.717, 1.165) is 12.8 Å². The van der Waals surface area contributed by atoms with Crippen molar-refractivity contribution in [3.63, 3.8) is 0 Å². The van der Waals surface area contributed by atoms with E-state index in [2.05, 4.69) is 27.6 Å². The van der Waals surface area contributed by atoms with Gasteiger partial charge in [-0.1, -0.05) is 29.8 Å². The molecule has 0 aliphatic rings. The molecule has 0 spiro atoms. The van der Waals surface area contributed by atoms with Gasteiger partial charge in [-0.15, -0.1) is 0 Å². The Morgan fingerprint density at radius 2 is 2.08 bits per heavy atom. The molecule has 1 atom stereocenters. The molecule has 13 heavy (non-hydrogen) atoms. The van der Waals surface area contributed by atoms with Crippen LogP contribution in [0.25, 0.3) is 0 Å². The first-order valence-corrected chi connectivity index (χ1v) is 7.16. The number of alkyl halides is 1. The Balaban J connectivity index is 3.53. The van der Waals surface area contributed by atoms with Crippen molar-refractivity contribution in [1.82, 2.24) is 4.72 Å². The quantitative estimate of drug-likeness (QED) is 0.568. The molecule has 3 nitrogen and oxygen atoms in total. The molecule has 0 rings (SSSR count). The number of halogens is 1. The Labute approximate surface area is 89.5 Å². The first-order valence-electron chi connectivity index (χ1n) is 4.59. The van der Waals surface area contributed by atoms with Gasteiger partial charge in [-0.25, -0.2) is 13.1 Å². The predicted octanol–water partition coefficient (Wildman–Crippen LogP) is 1.88. The molecule has 0 fully saturated rings. The van der Waals surface area contributed by atoms with E-state index in [0.29, 0.717) is 17.8 Å². The highest BCUT2D eigenvalue weighted by molar-refractivity contribution is 9.09. The lowest BCUT2D eigenvalue weighted by Crippen LogP contribution is -2.27. The molecule has 0 aromatic carbocycles. The summed E-state index contributed by atoms with van der Waals surface area (Å²) in [6, 6.07) is 0. The zero-order valence-corrected chi connectivity index (χ0v) is 10.6. The van der Waals surface area contributed by atoms with Gasteiger partial charge in [-0.3, -0.25) is 0 Å². The normalized spacial score (nSPS) is 14.4. The molecule has 0 saturated carbocycles. The molecule has 0 radical (unpaired) electrons. The van der Waals surface area contributed by atoms with Gasteiger partial charge in [0, 0.05) is 11.4 Å². The number of sulfonamides is 1. The fraction of sp³-hybridized carbons (Fsp3) is 1.00. The van der Waals surface area contributed by atoms with Gasteiger partial charge in [0.25, 0.3) is 0 Å². The molecule has 1 N–H and O–H groups in total. The Morgan fingerprint density at radius 1 is 1.46 bits per heavy atom. The summed E-state index contributed by atoms with van der Waals surface area (Å²) in [6.07, 6.45) is 2.55. The molecule has 0 aromatic rings. The van der Waals surface area contributed by atoms with Gasteiger partial charge in [0.1, 0.15) is 0 Å². The highest BCUT2D eigenvalue weighted by Crippen LogP contribution is 2.05. The van der Waals surface area contributed by atoms with Crippen LogP contribution >= 0.6 is 15.9 Å². The highest BCUT2D eigenvalue weighted by Gasteiger charge is 2.06. The van der Waals surface area contributed by atoms with Crippen molar-refractivity contribution in [2.75, 3.05) is 12.3 Å². The van der Waals surface area contributed by atoms with Gasteiger partial charge < -0.3 is 0 Å². The Morgan fingerprint density at radius 3 is 2.54 bits per heavy atom. The van der Waals surface area contributed by atoms with Crippen LogP contribution in [0.15, 0.2) is 0 Å². The maximum absolute atomic E-state index is 11.2. The molecule has 0 saturated heterocycles. The molecule has 0 amide bonds. The third kappa shape index (κ3) is 8.71. The largest absolute Gasteiger partial charge is 0.215 e. The number of hydrogen-bond donors (Lipinski definition) is 1. The van der Waals surface area contributed by atoms with Crippen molar-refractivity contribution in [2.45, 2.75) is 37.9 Å². The maximum atomic E-state index is 11.2. The van der Waals surface area contributed by atoms with Gasteiger partial charge >= 0.3 is 0 Å². The molecule has 80 valence electrons. The van der Waals surface area contributed by atoms with Gasteiger partial charge in [-0.05, 0) is 19.3 Å². The van der Waals surface area contributed by atoms with Crippen molar-refractivity contribution in [3.8, 4) is 0 Å². The summed E-state index contributed by atoms with van der Waals surface area (Å²) in [5, 5.41) is 0. The fourth-order valence-corrected chi connectivity index (χ4v) is 2.41. The number of rotatable bonds is 7. The van der Waals surface area contributed by atoms with E-state index in [-0.39, 0.29) is 5.75 Å². The summed E-state index contributed by atoms with van der Waals surface area (Å²) in [5.41, 5.74) is 0. The van der Waals surface area contributed by atoms with Crippen LogP contribution in [-0.4, -0.2) is 25.5 Å². The Bertz CT molecular complexity index is 214. The predicted molar refractivity (Wildman–Crippen MR) is 59.7 cm³/mol. The van der Waals surface area contributed by atoms with Crippen LogP contribution in [0.5, 0.6) is 0 Å². The lowest BCUT2D eigenvalue weighted by molar-refractivity contribution is 0.575. The average molecular weight is 272 g/mol. The first kappa shape index (κ1) is 13.4. The first-order chi connectivity index (χ1) is 5.98. The van der Waals surface area contributed by atoms with E-state index >= 15 is 0 Å². The van der Waals surface area contributed by atoms with Crippen molar-refractivity contribution < 1.29 is 8.42 Å². The van der Waals surface area contributed by atoms with Crippen LogP contribution in [-0.2, 0) is 10.0 Å². The van der Waals surface area contributed by atoms with Crippen molar-refractivity contribution >= 4 is 26.0 Å². The van der Waals surface area contributed by atoms with Crippen molar-refractivity contribution in [1.29, 1.82) is 0 Å². The van der Waals surface area contributed by atoms with E-state index in [1.54, 1.807) is 0 Å². The van der Waals surface area contributed by atoms with Crippen LogP contribution < -0.4 is 4.72 Å². The highest BCUT2D eigenvalue weighted by atomic mass is 79.9. The fourth-order valence-electron chi connectivity index (χ4n) is 0.952. The summed E-state index contributed by atoms with van der Waals surface area (Å²) < 4.78 is 24.9. The van der Waals surface area contributed by atoms with Crippen LogP contribution in [0.4, 0.5) is 0 Å². The molecule has 0 bridgehead atoms. The van der Waals surface area contributed by atoms with Gasteiger partial charge in [-0.2, -0.15) is 0 Å². The van der Waals surface area contributed by atoms with E-state index in [4.69, 9.17) is 0 Å². The molecule has 1 unspecified atom stereocenters. The smallest absolute Gasteiger partial charge is 0.211 e. The summed E-state index contributed by atoms with van der Waals surface area (Å²) in [6.45, 7) is 4.47. The third-order valence-electron chi connectivity index (χ3n) is 1.57. The zero-order chi connectivity index (χ0) is 10.3. The minimum Gasteiger partial charge on any atom is -0.215 e. The molecule has 0 aliphatic heterocycles. The van der Waals surface area contributed by atoms with E-state index in [9.17, 15) is 8.42 Å². The molecule has 0 heterocycles. The van der Waals surface area contributed by atoms with Crippen molar-refractivity contribution in [3.05, 3.63) is 0 Å². The third-order valence-corrected chi connectivity index (χ3v) is 3.62. The summed E-state index contributed by atoms with van der Waals surface area (Å²) in [5.74, 6) is 0.233. The Hall–Kier alpha value is 0.390. The van der Waals surface area contributed by atoms with E-state index in [1.807, 2.05) is 6.92 Å². The lowest BCUT2D eigenvalue weighted by atomic mass is 10.2. The summed E-state index contributed by atoms with van der Waals surface area (Å²) in [7, 11) is -2.99. The van der Waals surface area contributed by atoms with E-state index in [1.165, 1.54) is 0 Å². The molecule has 0 aliphatic carbocycles. The van der Waals surface area contributed by atoms with Crippen LogP contribution in [0.3, 0.4) is 0 Å². The summed E-state index contributed by atoms with van der Waals surface area (Å²) in [4.78, 5) is 0.461. The van der Waals surface area contributed by atoms with Crippen LogP contribution in [0.2, 0.25) is 0 Å². The zero-order valence-electron chi connectivity index (χ0n) is 8.22. The van der Waals surface area contributed by atoms with Gasteiger partial charge in [0.15, 0.2) is 0 Å². The number of hydrogen-bond acceptors (Lipinski definition) is 2. The molecular formula is C8H18BrNO2S.